The molecule has 19 heavy (non-hydrogen) atoms. The van der Waals surface area contributed by atoms with Crippen LogP contribution in [0.1, 0.15) is 32.3 Å². The third-order valence-corrected chi connectivity index (χ3v) is 4.14. The number of benzene rings is 1. The summed E-state index contributed by atoms with van der Waals surface area (Å²) in [4.78, 5) is 4.74. The van der Waals surface area contributed by atoms with Gasteiger partial charge in [-0.15, -0.1) is 0 Å². The Balaban J connectivity index is 2.20. The van der Waals surface area contributed by atoms with Gasteiger partial charge in [0.15, 0.2) is 0 Å². The monoisotopic (exact) mass is 274 g/mol. The van der Waals surface area contributed by atoms with Crippen LogP contribution in [0.2, 0.25) is 0 Å². The maximum absolute atomic E-state index is 4.74. The molecule has 1 N–H and O–H groups in total. The minimum atomic E-state index is 0.915. The molecule has 0 spiro atoms. The smallest absolute Gasteiger partial charge is 0.130 e. The normalized spacial score (nSPS) is 10.8. The van der Waals surface area contributed by atoms with E-state index in [-0.39, 0.29) is 0 Å². The topological polar surface area (TPSA) is 24.9 Å². The number of pyridine rings is 1. The number of para-hydroxylation sites is 1. The summed E-state index contributed by atoms with van der Waals surface area (Å²) in [5.74, 6) is 3.32. The molecule has 0 atom stereocenters. The molecule has 1 heterocycles. The van der Waals surface area contributed by atoms with Crippen molar-refractivity contribution in [2.24, 2.45) is 0 Å². The molecule has 0 aliphatic heterocycles. The predicted octanol–water partition coefficient (Wildman–Crippen LogP) is 4.70. The van der Waals surface area contributed by atoms with Gasteiger partial charge in [-0.1, -0.05) is 31.5 Å². The fraction of sp³-hybridized carbons (Fsp3) is 0.438. The first-order valence-electron chi connectivity index (χ1n) is 7.05. The quantitative estimate of drug-likeness (QED) is 0.741. The fourth-order valence-corrected chi connectivity index (χ4v) is 3.10. The Hall–Kier alpha value is -1.22. The van der Waals surface area contributed by atoms with Crippen LogP contribution >= 0.6 is 11.8 Å². The number of anilines is 1. The molecule has 0 unspecified atom stereocenters. The summed E-state index contributed by atoms with van der Waals surface area (Å²) < 4.78 is 0. The number of thioether (sulfide) groups is 1. The third-order valence-electron chi connectivity index (χ3n) is 3.05. The SMILES string of the molecule is CCCCSCc1cc2ccccc2nc1NCC. The Bertz CT molecular complexity index is 525. The number of fused-ring (bicyclic) bond motifs is 1. The molecule has 3 heteroatoms. The van der Waals surface area contributed by atoms with Crippen LogP contribution in [0.3, 0.4) is 0 Å². The van der Waals surface area contributed by atoms with Gasteiger partial charge in [0.2, 0.25) is 0 Å². The Morgan fingerprint density at radius 2 is 2.05 bits per heavy atom. The first-order valence-corrected chi connectivity index (χ1v) is 8.21. The molecule has 0 aliphatic rings. The van der Waals surface area contributed by atoms with Crippen molar-refractivity contribution in [3.8, 4) is 0 Å². The molecular weight excluding hydrogens is 252 g/mol. The zero-order valence-electron chi connectivity index (χ0n) is 11.8. The van der Waals surface area contributed by atoms with Crippen molar-refractivity contribution in [3.63, 3.8) is 0 Å². The zero-order valence-corrected chi connectivity index (χ0v) is 12.6. The largest absolute Gasteiger partial charge is 0.370 e. The molecule has 0 aliphatic carbocycles. The number of nitrogens with zero attached hydrogens (tertiary/aromatic N) is 1. The van der Waals surface area contributed by atoms with E-state index in [9.17, 15) is 0 Å². The lowest BCUT2D eigenvalue weighted by atomic mass is 10.1. The van der Waals surface area contributed by atoms with Crippen LogP contribution in [0.15, 0.2) is 30.3 Å². The fourth-order valence-electron chi connectivity index (χ4n) is 2.02. The minimum absolute atomic E-state index is 0.915. The Morgan fingerprint density at radius 1 is 1.21 bits per heavy atom. The lowest BCUT2D eigenvalue weighted by Crippen LogP contribution is -2.03. The van der Waals surface area contributed by atoms with E-state index in [0.29, 0.717) is 0 Å². The van der Waals surface area contributed by atoms with E-state index in [0.717, 1.165) is 23.6 Å². The minimum Gasteiger partial charge on any atom is -0.370 e. The van der Waals surface area contributed by atoms with Gasteiger partial charge in [0.1, 0.15) is 5.82 Å². The number of rotatable bonds is 7. The first kappa shape index (κ1) is 14.2. The summed E-state index contributed by atoms with van der Waals surface area (Å²) in [6, 6.07) is 10.6. The van der Waals surface area contributed by atoms with Gasteiger partial charge in [0, 0.05) is 23.2 Å². The lowest BCUT2D eigenvalue weighted by Gasteiger charge is -2.11. The van der Waals surface area contributed by atoms with Crippen LogP contribution in [0, 0.1) is 0 Å². The van der Waals surface area contributed by atoms with Crippen LogP contribution < -0.4 is 5.32 Å². The van der Waals surface area contributed by atoms with Gasteiger partial charge in [-0.3, -0.25) is 0 Å². The van der Waals surface area contributed by atoms with E-state index < -0.39 is 0 Å². The molecule has 0 fully saturated rings. The maximum atomic E-state index is 4.74. The number of aromatic nitrogens is 1. The van der Waals surface area contributed by atoms with E-state index in [1.54, 1.807) is 0 Å². The van der Waals surface area contributed by atoms with E-state index in [1.807, 2.05) is 17.8 Å². The molecule has 2 nitrogen and oxygen atoms in total. The van der Waals surface area contributed by atoms with Crippen LogP contribution in [0.25, 0.3) is 10.9 Å². The number of nitrogens with one attached hydrogen (secondary N) is 1. The van der Waals surface area contributed by atoms with Gasteiger partial charge in [-0.2, -0.15) is 11.8 Å². The van der Waals surface area contributed by atoms with Crippen LogP contribution in [0.5, 0.6) is 0 Å². The van der Waals surface area contributed by atoms with Crippen molar-refractivity contribution < 1.29 is 0 Å². The second kappa shape index (κ2) is 7.39. The van der Waals surface area contributed by atoms with Crippen LogP contribution in [0.4, 0.5) is 5.82 Å². The van der Waals surface area contributed by atoms with Gasteiger partial charge < -0.3 is 5.32 Å². The average molecular weight is 274 g/mol. The van der Waals surface area contributed by atoms with Crippen molar-refractivity contribution in [1.29, 1.82) is 0 Å². The van der Waals surface area contributed by atoms with Gasteiger partial charge >= 0.3 is 0 Å². The molecule has 0 bridgehead atoms. The second-order valence-electron chi connectivity index (χ2n) is 4.63. The highest BCUT2D eigenvalue weighted by Crippen LogP contribution is 2.24. The number of hydrogen-bond donors (Lipinski definition) is 1. The van der Waals surface area contributed by atoms with Crippen molar-refractivity contribution >= 4 is 28.5 Å². The van der Waals surface area contributed by atoms with Crippen molar-refractivity contribution in [2.45, 2.75) is 32.4 Å². The summed E-state index contributed by atoms with van der Waals surface area (Å²) in [5, 5.41) is 4.62. The van der Waals surface area contributed by atoms with E-state index in [2.05, 4.69) is 43.4 Å². The maximum Gasteiger partial charge on any atom is 0.130 e. The zero-order chi connectivity index (χ0) is 13.5. The highest BCUT2D eigenvalue weighted by Gasteiger charge is 2.06. The molecule has 0 saturated heterocycles. The van der Waals surface area contributed by atoms with Gasteiger partial charge in [-0.25, -0.2) is 4.98 Å². The van der Waals surface area contributed by atoms with Gasteiger partial charge in [0.25, 0.3) is 0 Å². The number of unbranched alkanes of at least 4 members (excludes halogenated alkanes) is 1. The third kappa shape index (κ3) is 3.87. The molecule has 2 rings (SSSR count). The van der Waals surface area contributed by atoms with E-state index in [1.165, 1.54) is 29.5 Å². The van der Waals surface area contributed by atoms with Crippen LogP contribution in [-0.2, 0) is 5.75 Å². The predicted molar refractivity (Wildman–Crippen MR) is 87.0 cm³/mol. The number of hydrogen-bond acceptors (Lipinski definition) is 3. The Labute approximate surface area is 120 Å². The summed E-state index contributed by atoms with van der Waals surface area (Å²) in [7, 11) is 0. The summed E-state index contributed by atoms with van der Waals surface area (Å²) in [5.41, 5.74) is 2.39. The van der Waals surface area contributed by atoms with Crippen molar-refractivity contribution in [1.82, 2.24) is 4.98 Å². The first-order chi connectivity index (χ1) is 9.35. The molecule has 0 radical (unpaired) electrons. The molecular formula is C16H22N2S. The lowest BCUT2D eigenvalue weighted by molar-refractivity contribution is 0.896. The van der Waals surface area contributed by atoms with Crippen molar-refractivity contribution in [3.05, 3.63) is 35.9 Å². The van der Waals surface area contributed by atoms with Gasteiger partial charge in [0.05, 0.1) is 5.52 Å². The van der Waals surface area contributed by atoms with E-state index in [4.69, 9.17) is 4.98 Å². The average Bonchev–Trinajstić information content (AvgIpc) is 2.44. The molecule has 1 aromatic heterocycles. The summed E-state index contributed by atoms with van der Waals surface area (Å²) >= 11 is 2.00. The highest BCUT2D eigenvalue weighted by molar-refractivity contribution is 7.98. The molecule has 2 aromatic rings. The van der Waals surface area contributed by atoms with Crippen LogP contribution in [-0.4, -0.2) is 17.3 Å². The highest BCUT2D eigenvalue weighted by atomic mass is 32.2. The molecule has 0 saturated carbocycles. The molecule has 0 amide bonds. The molecule has 102 valence electrons. The van der Waals surface area contributed by atoms with Gasteiger partial charge in [-0.05, 0) is 31.2 Å². The van der Waals surface area contributed by atoms with Crippen molar-refractivity contribution in [2.75, 3.05) is 17.6 Å². The standard InChI is InChI=1S/C16H22N2S/c1-3-5-10-19-12-14-11-13-8-6-7-9-15(13)18-16(14)17-4-2/h6-9,11H,3-5,10,12H2,1-2H3,(H,17,18). The van der Waals surface area contributed by atoms with E-state index >= 15 is 0 Å². The Morgan fingerprint density at radius 3 is 2.84 bits per heavy atom. The summed E-state index contributed by atoms with van der Waals surface area (Å²) in [6.45, 7) is 5.27. The Kier molecular flexibility index (Phi) is 5.52. The summed E-state index contributed by atoms with van der Waals surface area (Å²) in [6.07, 6.45) is 2.56. The molecule has 1 aromatic carbocycles. The second-order valence-corrected chi connectivity index (χ2v) is 5.73.